The molecule has 1 heterocycles. The predicted molar refractivity (Wildman–Crippen MR) is 130 cm³/mol. The minimum Gasteiger partial charge on any atom is -0.480 e. The van der Waals surface area contributed by atoms with Crippen LogP contribution in [0.1, 0.15) is 38.8 Å². The lowest BCUT2D eigenvalue weighted by molar-refractivity contribution is -0.142. The molecule has 0 saturated heterocycles. The highest BCUT2D eigenvalue weighted by atomic mass is 16.4. The number of carboxylic acid groups (broad SMARTS) is 1. The molecular formula is C21H37N9O6. The van der Waals surface area contributed by atoms with Gasteiger partial charge in [-0.15, -0.1) is 0 Å². The molecular weight excluding hydrogens is 474 g/mol. The topological polar surface area (TPSA) is 264 Å². The quantitative estimate of drug-likeness (QED) is 0.0613. The van der Waals surface area contributed by atoms with Crippen LogP contribution >= 0.6 is 0 Å². The molecule has 1 rings (SSSR count). The third-order valence-corrected chi connectivity index (χ3v) is 5.05. The number of aliphatic hydroxyl groups excluding tert-OH is 1. The van der Waals surface area contributed by atoms with E-state index in [9.17, 15) is 29.4 Å². The molecule has 0 saturated carbocycles. The lowest BCUT2D eigenvalue weighted by Gasteiger charge is -2.24. The van der Waals surface area contributed by atoms with Crippen molar-refractivity contribution in [3.8, 4) is 0 Å². The standard InChI is InChI=1S/C21H37N9O6/c1-11(2)6-13(22)17(32)30-16(9-31)19(34)29-15(7-12-8-25-10-27-12)18(33)28-14(20(35)36)4-3-5-26-21(23)24/h8,10-11,13-16,31H,3-7,9,22H2,1-2H3,(H,25,27)(H,28,33)(H,29,34)(H,30,32)(H,35,36)(H4,23,24,26). The van der Waals surface area contributed by atoms with Gasteiger partial charge >= 0.3 is 5.97 Å². The fourth-order valence-corrected chi connectivity index (χ4v) is 3.22. The van der Waals surface area contributed by atoms with Gasteiger partial charge in [0.1, 0.15) is 18.1 Å². The van der Waals surface area contributed by atoms with E-state index >= 15 is 0 Å². The largest absolute Gasteiger partial charge is 0.480 e. The summed E-state index contributed by atoms with van der Waals surface area (Å²) >= 11 is 0. The SMILES string of the molecule is CC(C)CC(N)C(=O)NC(CO)C(=O)NC(Cc1cnc[nH]1)C(=O)NC(CCCN=C(N)N)C(=O)O. The minimum absolute atomic E-state index is 0.0334. The van der Waals surface area contributed by atoms with Crippen molar-refractivity contribution in [2.24, 2.45) is 28.1 Å². The van der Waals surface area contributed by atoms with E-state index in [0.29, 0.717) is 12.1 Å². The Hall–Kier alpha value is -3.72. The number of amides is 3. The molecule has 36 heavy (non-hydrogen) atoms. The van der Waals surface area contributed by atoms with Crippen molar-refractivity contribution >= 4 is 29.7 Å². The Labute approximate surface area is 208 Å². The smallest absolute Gasteiger partial charge is 0.326 e. The molecule has 0 bridgehead atoms. The summed E-state index contributed by atoms with van der Waals surface area (Å²) < 4.78 is 0. The van der Waals surface area contributed by atoms with Crippen molar-refractivity contribution in [1.82, 2.24) is 25.9 Å². The number of carboxylic acids is 1. The Kier molecular flexibility index (Phi) is 12.9. The fraction of sp³-hybridized carbons (Fsp3) is 0.619. The van der Waals surface area contributed by atoms with E-state index in [0.717, 1.165) is 0 Å². The summed E-state index contributed by atoms with van der Waals surface area (Å²) in [4.78, 5) is 60.2. The number of H-pyrrole nitrogens is 1. The van der Waals surface area contributed by atoms with Gasteiger partial charge in [0.05, 0.1) is 19.0 Å². The summed E-state index contributed by atoms with van der Waals surface area (Å²) in [5.41, 5.74) is 16.8. The van der Waals surface area contributed by atoms with Gasteiger partial charge in [-0.05, 0) is 25.2 Å². The molecule has 202 valence electrons. The molecule has 0 aliphatic carbocycles. The number of aromatic amines is 1. The summed E-state index contributed by atoms with van der Waals surface area (Å²) in [6, 6.07) is -4.77. The molecule has 0 radical (unpaired) electrons. The molecule has 0 fully saturated rings. The Bertz CT molecular complexity index is 886. The first-order chi connectivity index (χ1) is 16.9. The second kappa shape index (κ2) is 15.3. The second-order valence-corrected chi connectivity index (χ2v) is 8.67. The van der Waals surface area contributed by atoms with Crippen LogP contribution in [0, 0.1) is 5.92 Å². The van der Waals surface area contributed by atoms with Gasteiger partial charge in [0.2, 0.25) is 17.7 Å². The summed E-state index contributed by atoms with van der Waals surface area (Å²) in [6.45, 7) is 3.20. The van der Waals surface area contributed by atoms with Crippen LogP contribution < -0.4 is 33.2 Å². The zero-order valence-electron chi connectivity index (χ0n) is 20.4. The molecule has 1 aromatic heterocycles. The van der Waals surface area contributed by atoms with Crippen molar-refractivity contribution in [3.05, 3.63) is 18.2 Å². The number of hydrogen-bond acceptors (Lipinski definition) is 8. The number of carbonyl (C=O) groups excluding carboxylic acids is 3. The zero-order chi connectivity index (χ0) is 27.3. The summed E-state index contributed by atoms with van der Waals surface area (Å²) in [7, 11) is 0. The number of aliphatic hydroxyl groups is 1. The lowest BCUT2D eigenvalue weighted by Crippen LogP contribution is -2.58. The number of aliphatic imine (C=N–C) groups is 1. The maximum Gasteiger partial charge on any atom is 0.326 e. The monoisotopic (exact) mass is 511 g/mol. The average molecular weight is 512 g/mol. The van der Waals surface area contributed by atoms with Crippen LogP contribution in [-0.4, -0.2) is 87.2 Å². The average Bonchev–Trinajstić information content (AvgIpc) is 3.30. The number of nitrogens with zero attached hydrogens (tertiary/aromatic N) is 2. The van der Waals surface area contributed by atoms with Crippen molar-refractivity contribution in [2.45, 2.75) is 63.7 Å². The first-order valence-electron chi connectivity index (χ1n) is 11.5. The number of hydrogen-bond donors (Lipinski definition) is 9. The van der Waals surface area contributed by atoms with Crippen LogP contribution in [-0.2, 0) is 25.6 Å². The highest BCUT2D eigenvalue weighted by molar-refractivity contribution is 5.94. The Balaban J connectivity index is 2.92. The van der Waals surface area contributed by atoms with Crippen molar-refractivity contribution in [3.63, 3.8) is 0 Å². The predicted octanol–water partition coefficient (Wildman–Crippen LogP) is -3.09. The zero-order valence-corrected chi connectivity index (χ0v) is 20.4. The summed E-state index contributed by atoms with van der Waals surface area (Å²) in [5, 5.41) is 26.4. The van der Waals surface area contributed by atoms with Crippen LogP contribution in [0.4, 0.5) is 0 Å². The van der Waals surface area contributed by atoms with E-state index in [2.05, 4.69) is 30.9 Å². The molecule has 0 spiro atoms. The Morgan fingerprint density at radius 1 is 1.06 bits per heavy atom. The van der Waals surface area contributed by atoms with Gasteiger partial charge in [-0.1, -0.05) is 13.8 Å². The Morgan fingerprint density at radius 3 is 2.19 bits per heavy atom. The van der Waals surface area contributed by atoms with Crippen molar-refractivity contribution < 1.29 is 29.4 Å². The number of aromatic nitrogens is 2. The van der Waals surface area contributed by atoms with Crippen LogP contribution in [0.5, 0.6) is 0 Å². The number of carbonyl (C=O) groups is 4. The fourth-order valence-electron chi connectivity index (χ4n) is 3.22. The lowest BCUT2D eigenvalue weighted by atomic mass is 10.0. The van der Waals surface area contributed by atoms with Gasteiger partial charge in [-0.25, -0.2) is 9.78 Å². The third kappa shape index (κ3) is 11.1. The molecule has 1 aromatic rings. The van der Waals surface area contributed by atoms with Crippen LogP contribution in [0.2, 0.25) is 0 Å². The van der Waals surface area contributed by atoms with Crippen LogP contribution in [0.15, 0.2) is 17.5 Å². The molecule has 4 atom stereocenters. The minimum atomic E-state index is -1.37. The third-order valence-electron chi connectivity index (χ3n) is 5.05. The van der Waals surface area contributed by atoms with E-state index in [-0.39, 0.29) is 37.7 Å². The number of rotatable bonds is 16. The summed E-state index contributed by atoms with van der Waals surface area (Å²) in [5.74, 6) is -3.53. The molecule has 3 amide bonds. The Morgan fingerprint density at radius 2 is 1.67 bits per heavy atom. The van der Waals surface area contributed by atoms with Crippen molar-refractivity contribution in [1.29, 1.82) is 0 Å². The molecule has 0 aliphatic heterocycles. The first-order valence-corrected chi connectivity index (χ1v) is 11.5. The first kappa shape index (κ1) is 30.3. The number of nitrogens with two attached hydrogens (primary N) is 3. The van der Waals surface area contributed by atoms with Crippen LogP contribution in [0.25, 0.3) is 0 Å². The number of aliphatic carboxylic acids is 1. The van der Waals surface area contributed by atoms with E-state index < -0.39 is 54.5 Å². The van der Waals surface area contributed by atoms with Gasteiger partial charge in [0.25, 0.3) is 0 Å². The van der Waals surface area contributed by atoms with E-state index in [1.54, 1.807) is 0 Å². The highest BCUT2D eigenvalue weighted by Crippen LogP contribution is 2.05. The maximum atomic E-state index is 13.0. The molecule has 4 unspecified atom stereocenters. The molecule has 15 nitrogen and oxygen atoms in total. The second-order valence-electron chi connectivity index (χ2n) is 8.67. The number of imidazole rings is 1. The summed E-state index contributed by atoms with van der Waals surface area (Å²) in [6.07, 6.45) is 3.44. The number of guanidine groups is 1. The van der Waals surface area contributed by atoms with E-state index in [1.807, 2.05) is 13.8 Å². The van der Waals surface area contributed by atoms with E-state index in [1.165, 1.54) is 12.5 Å². The highest BCUT2D eigenvalue weighted by Gasteiger charge is 2.30. The molecule has 15 heteroatoms. The van der Waals surface area contributed by atoms with Crippen LogP contribution in [0.3, 0.4) is 0 Å². The van der Waals surface area contributed by atoms with Crippen molar-refractivity contribution in [2.75, 3.05) is 13.2 Å². The molecule has 0 aromatic carbocycles. The maximum absolute atomic E-state index is 13.0. The van der Waals surface area contributed by atoms with Gasteiger partial charge in [0.15, 0.2) is 5.96 Å². The normalized spacial score (nSPS) is 14.2. The van der Waals surface area contributed by atoms with Gasteiger partial charge < -0.3 is 48.3 Å². The van der Waals surface area contributed by atoms with Gasteiger partial charge in [-0.3, -0.25) is 19.4 Å². The van der Waals surface area contributed by atoms with Gasteiger partial charge in [-0.2, -0.15) is 0 Å². The number of nitrogens with one attached hydrogen (secondary N) is 4. The van der Waals surface area contributed by atoms with Gasteiger partial charge in [0, 0.05) is 24.9 Å². The molecule has 12 N–H and O–H groups in total. The molecule has 0 aliphatic rings. The van der Waals surface area contributed by atoms with E-state index in [4.69, 9.17) is 17.2 Å².